The quantitative estimate of drug-likeness (QED) is 0.658. The number of benzene rings is 2. The lowest BCUT2D eigenvalue weighted by Gasteiger charge is -2.07. The van der Waals surface area contributed by atoms with Crippen molar-refractivity contribution in [2.75, 3.05) is 20.3 Å². The standard InChI is InChI=1S/C19H20ClN3O2/c1-25-10-2-9-21-19(24)15-5-6-16-12-22-23(18(16)11-15)13-14-3-7-17(20)8-4-14/h3-8,11-12H,2,9-10,13H2,1H3,(H,21,24). The topological polar surface area (TPSA) is 56.1 Å². The average molecular weight is 358 g/mol. The number of fused-ring (bicyclic) bond motifs is 1. The molecule has 0 radical (unpaired) electrons. The molecule has 0 spiro atoms. The lowest BCUT2D eigenvalue weighted by Crippen LogP contribution is -2.25. The number of halogens is 1. The summed E-state index contributed by atoms with van der Waals surface area (Å²) < 4.78 is 6.87. The van der Waals surface area contributed by atoms with Gasteiger partial charge in [-0.25, -0.2) is 0 Å². The van der Waals surface area contributed by atoms with Gasteiger partial charge in [-0.2, -0.15) is 5.10 Å². The maximum absolute atomic E-state index is 12.3. The number of carbonyl (C=O) groups is 1. The van der Waals surface area contributed by atoms with Gasteiger partial charge >= 0.3 is 0 Å². The van der Waals surface area contributed by atoms with Crippen molar-refractivity contribution in [3.63, 3.8) is 0 Å². The summed E-state index contributed by atoms with van der Waals surface area (Å²) in [5.41, 5.74) is 2.66. The molecule has 0 unspecified atom stereocenters. The lowest BCUT2D eigenvalue weighted by atomic mass is 10.1. The molecule has 130 valence electrons. The third-order valence-corrected chi connectivity index (χ3v) is 4.22. The molecule has 25 heavy (non-hydrogen) atoms. The van der Waals surface area contributed by atoms with Gasteiger partial charge in [0.2, 0.25) is 0 Å². The van der Waals surface area contributed by atoms with Crippen LogP contribution in [-0.4, -0.2) is 35.9 Å². The molecule has 0 bridgehead atoms. The smallest absolute Gasteiger partial charge is 0.251 e. The molecule has 0 aliphatic heterocycles. The summed E-state index contributed by atoms with van der Waals surface area (Å²) in [6, 6.07) is 13.3. The van der Waals surface area contributed by atoms with Crippen LogP contribution in [0.5, 0.6) is 0 Å². The van der Waals surface area contributed by atoms with Crippen LogP contribution in [0.3, 0.4) is 0 Å². The lowest BCUT2D eigenvalue weighted by molar-refractivity contribution is 0.0948. The molecule has 0 aliphatic rings. The number of ether oxygens (including phenoxy) is 1. The zero-order valence-corrected chi connectivity index (χ0v) is 14.8. The van der Waals surface area contributed by atoms with Gasteiger partial charge in [0.15, 0.2) is 0 Å². The minimum atomic E-state index is -0.0859. The molecule has 1 heterocycles. The van der Waals surface area contributed by atoms with Crippen molar-refractivity contribution in [2.45, 2.75) is 13.0 Å². The van der Waals surface area contributed by atoms with Gasteiger partial charge in [-0.05, 0) is 36.2 Å². The summed E-state index contributed by atoms with van der Waals surface area (Å²) in [5, 5.41) is 9.05. The van der Waals surface area contributed by atoms with Gasteiger partial charge in [0.1, 0.15) is 0 Å². The van der Waals surface area contributed by atoms with E-state index in [9.17, 15) is 4.79 Å². The number of carbonyl (C=O) groups excluding carboxylic acids is 1. The molecule has 1 amide bonds. The van der Waals surface area contributed by atoms with Crippen LogP contribution >= 0.6 is 11.6 Å². The summed E-state index contributed by atoms with van der Waals surface area (Å²) >= 11 is 5.93. The van der Waals surface area contributed by atoms with E-state index in [0.717, 1.165) is 22.9 Å². The van der Waals surface area contributed by atoms with Crippen molar-refractivity contribution in [2.24, 2.45) is 0 Å². The number of nitrogens with zero attached hydrogens (tertiary/aromatic N) is 2. The number of nitrogens with one attached hydrogen (secondary N) is 1. The zero-order valence-electron chi connectivity index (χ0n) is 14.0. The Morgan fingerprint density at radius 3 is 2.80 bits per heavy atom. The van der Waals surface area contributed by atoms with Gasteiger partial charge in [0.05, 0.1) is 18.3 Å². The second kappa shape index (κ2) is 8.14. The Morgan fingerprint density at radius 2 is 2.04 bits per heavy atom. The fourth-order valence-electron chi connectivity index (χ4n) is 2.62. The number of hydrogen-bond donors (Lipinski definition) is 1. The highest BCUT2D eigenvalue weighted by atomic mass is 35.5. The first-order valence-corrected chi connectivity index (χ1v) is 8.52. The molecule has 0 atom stereocenters. The van der Waals surface area contributed by atoms with Crippen LogP contribution < -0.4 is 5.32 Å². The largest absolute Gasteiger partial charge is 0.385 e. The van der Waals surface area contributed by atoms with Crippen LogP contribution in [0, 0.1) is 0 Å². The Kier molecular flexibility index (Phi) is 5.68. The molecule has 1 N–H and O–H groups in total. The Balaban J connectivity index is 1.77. The Hall–Kier alpha value is -2.37. The van der Waals surface area contributed by atoms with E-state index < -0.39 is 0 Å². The van der Waals surface area contributed by atoms with Gasteiger partial charge in [-0.1, -0.05) is 29.8 Å². The van der Waals surface area contributed by atoms with Crippen LogP contribution in [0.25, 0.3) is 10.9 Å². The van der Waals surface area contributed by atoms with E-state index in [1.807, 2.05) is 53.3 Å². The van der Waals surface area contributed by atoms with Crippen molar-refractivity contribution < 1.29 is 9.53 Å². The first kappa shape index (κ1) is 17.5. The second-order valence-corrected chi connectivity index (χ2v) is 6.24. The van der Waals surface area contributed by atoms with Crippen molar-refractivity contribution in [3.05, 3.63) is 64.8 Å². The molecule has 3 aromatic rings. The van der Waals surface area contributed by atoms with Crippen LogP contribution in [0.1, 0.15) is 22.3 Å². The highest BCUT2D eigenvalue weighted by Gasteiger charge is 2.09. The van der Waals surface area contributed by atoms with Gasteiger partial charge < -0.3 is 10.1 Å². The van der Waals surface area contributed by atoms with Gasteiger partial charge in [-0.3, -0.25) is 9.48 Å². The van der Waals surface area contributed by atoms with Gasteiger partial charge in [0, 0.05) is 36.2 Å². The average Bonchev–Trinajstić information content (AvgIpc) is 3.02. The minimum absolute atomic E-state index is 0.0859. The van der Waals surface area contributed by atoms with E-state index in [4.69, 9.17) is 16.3 Å². The van der Waals surface area contributed by atoms with Crippen molar-refractivity contribution >= 4 is 28.4 Å². The number of hydrogen-bond acceptors (Lipinski definition) is 3. The fourth-order valence-corrected chi connectivity index (χ4v) is 2.75. The Morgan fingerprint density at radius 1 is 1.24 bits per heavy atom. The molecule has 0 saturated heterocycles. The monoisotopic (exact) mass is 357 g/mol. The summed E-state index contributed by atoms with van der Waals surface area (Å²) in [7, 11) is 1.65. The van der Waals surface area contributed by atoms with E-state index in [-0.39, 0.29) is 5.91 Å². The predicted octanol–water partition coefficient (Wildman–Crippen LogP) is 3.50. The van der Waals surface area contributed by atoms with Crippen LogP contribution in [0.2, 0.25) is 5.02 Å². The first-order chi connectivity index (χ1) is 12.2. The van der Waals surface area contributed by atoms with Crippen molar-refractivity contribution in [1.29, 1.82) is 0 Å². The third-order valence-electron chi connectivity index (χ3n) is 3.96. The molecule has 2 aromatic carbocycles. The summed E-state index contributed by atoms with van der Waals surface area (Å²) in [5.74, 6) is -0.0859. The summed E-state index contributed by atoms with van der Waals surface area (Å²) in [6.45, 7) is 1.85. The molecule has 0 saturated carbocycles. The van der Waals surface area contributed by atoms with E-state index in [1.54, 1.807) is 7.11 Å². The molecular weight excluding hydrogens is 338 g/mol. The Labute approximate surface area is 151 Å². The van der Waals surface area contributed by atoms with E-state index in [2.05, 4.69) is 10.4 Å². The summed E-state index contributed by atoms with van der Waals surface area (Å²) in [4.78, 5) is 12.3. The first-order valence-electron chi connectivity index (χ1n) is 8.14. The fraction of sp³-hybridized carbons (Fsp3) is 0.263. The number of aromatic nitrogens is 2. The minimum Gasteiger partial charge on any atom is -0.385 e. The molecule has 5 nitrogen and oxygen atoms in total. The van der Waals surface area contributed by atoms with Gasteiger partial charge in [-0.15, -0.1) is 0 Å². The SMILES string of the molecule is COCCCNC(=O)c1ccc2cnn(Cc3ccc(Cl)cc3)c2c1. The summed E-state index contributed by atoms with van der Waals surface area (Å²) in [6.07, 6.45) is 2.60. The maximum atomic E-state index is 12.3. The number of rotatable bonds is 7. The van der Waals surface area contributed by atoms with Crippen molar-refractivity contribution in [3.8, 4) is 0 Å². The highest BCUT2D eigenvalue weighted by Crippen LogP contribution is 2.18. The molecule has 6 heteroatoms. The highest BCUT2D eigenvalue weighted by molar-refractivity contribution is 6.30. The molecular formula is C19H20ClN3O2. The Bertz CT molecular complexity index is 859. The maximum Gasteiger partial charge on any atom is 0.251 e. The second-order valence-electron chi connectivity index (χ2n) is 5.80. The third kappa shape index (κ3) is 4.38. The van der Waals surface area contributed by atoms with Crippen LogP contribution in [-0.2, 0) is 11.3 Å². The molecule has 3 rings (SSSR count). The van der Waals surface area contributed by atoms with Crippen molar-refractivity contribution in [1.82, 2.24) is 15.1 Å². The van der Waals surface area contributed by atoms with Crippen LogP contribution in [0.15, 0.2) is 48.7 Å². The molecule has 0 fully saturated rings. The van der Waals surface area contributed by atoms with E-state index >= 15 is 0 Å². The molecule has 1 aromatic heterocycles. The van der Waals surface area contributed by atoms with Gasteiger partial charge in [0.25, 0.3) is 5.91 Å². The number of amides is 1. The van der Waals surface area contributed by atoms with E-state index in [1.165, 1.54) is 0 Å². The predicted molar refractivity (Wildman–Crippen MR) is 99.1 cm³/mol. The van der Waals surface area contributed by atoms with E-state index in [0.29, 0.717) is 30.3 Å². The normalized spacial score (nSPS) is 11.0. The molecule has 0 aliphatic carbocycles. The van der Waals surface area contributed by atoms with Crippen LogP contribution in [0.4, 0.5) is 0 Å². The number of methoxy groups -OCH3 is 1. The zero-order chi connectivity index (χ0) is 17.6.